The number of carbonyl (C=O) groups is 1. The number of hydrogen-bond acceptors (Lipinski definition) is 3. The molecule has 0 bridgehead atoms. The van der Waals surface area contributed by atoms with E-state index >= 15 is 0 Å². The van der Waals surface area contributed by atoms with Crippen LogP contribution in [0.1, 0.15) is 36.8 Å². The Balaban J connectivity index is 1.88. The van der Waals surface area contributed by atoms with Crippen molar-refractivity contribution >= 4 is 17.5 Å². The molecule has 0 aliphatic heterocycles. The molecule has 2 nitrogen and oxygen atoms in total. The van der Waals surface area contributed by atoms with Crippen molar-refractivity contribution in [3.8, 4) is 5.75 Å². The highest BCUT2D eigenvalue weighted by atomic mass is 32.2. The highest BCUT2D eigenvalue weighted by Gasteiger charge is 2.17. The van der Waals surface area contributed by atoms with Gasteiger partial charge in [-0.3, -0.25) is 4.79 Å². The van der Waals surface area contributed by atoms with Crippen molar-refractivity contribution in [3.63, 3.8) is 0 Å². The number of carbonyl (C=O) groups excluding carboxylic acids is 1. The molecule has 1 aromatic rings. The van der Waals surface area contributed by atoms with Crippen molar-refractivity contribution in [2.45, 2.75) is 44.3 Å². The molecule has 104 valence electrons. The number of rotatable bonds is 6. The Morgan fingerprint density at radius 2 is 2.11 bits per heavy atom. The van der Waals surface area contributed by atoms with Gasteiger partial charge in [0.25, 0.3) is 0 Å². The van der Waals surface area contributed by atoms with Crippen molar-refractivity contribution in [2.75, 3.05) is 12.9 Å². The Labute approximate surface area is 119 Å². The molecule has 0 radical (unpaired) electrons. The molecule has 3 heteroatoms. The number of hydrogen-bond donors (Lipinski definition) is 0. The SMILES string of the molecule is COc1ccc(C)cc1CC(=O)CSC1CCCC1. The summed E-state index contributed by atoms with van der Waals surface area (Å²) in [4.78, 5) is 12.1. The summed E-state index contributed by atoms with van der Waals surface area (Å²) in [5, 5.41) is 0.711. The van der Waals surface area contributed by atoms with Gasteiger partial charge in [0, 0.05) is 17.2 Å². The molecule has 1 aromatic carbocycles. The third-order valence-corrected chi connectivity index (χ3v) is 5.04. The maximum Gasteiger partial charge on any atom is 0.147 e. The average Bonchev–Trinajstić information content (AvgIpc) is 2.90. The first-order valence-corrected chi connectivity index (χ1v) is 8.00. The minimum atomic E-state index is 0.306. The molecule has 0 spiro atoms. The molecular formula is C16H22O2S. The third kappa shape index (κ3) is 4.27. The fraction of sp³-hybridized carbons (Fsp3) is 0.562. The Kier molecular flexibility index (Phi) is 5.32. The summed E-state index contributed by atoms with van der Waals surface area (Å²) in [6, 6.07) is 6.01. The number of Topliss-reactive ketones (excluding diaryl/α,β-unsaturated/α-hetero) is 1. The van der Waals surface area contributed by atoms with Crippen molar-refractivity contribution < 1.29 is 9.53 Å². The normalized spacial score (nSPS) is 15.7. The first kappa shape index (κ1) is 14.4. The van der Waals surface area contributed by atoms with Crippen LogP contribution in [0.2, 0.25) is 0 Å². The quantitative estimate of drug-likeness (QED) is 0.792. The van der Waals surface area contributed by atoms with Gasteiger partial charge in [0.1, 0.15) is 11.5 Å². The molecule has 1 fully saturated rings. The summed E-state index contributed by atoms with van der Waals surface area (Å²) < 4.78 is 5.32. The van der Waals surface area contributed by atoms with Gasteiger partial charge in [-0.25, -0.2) is 0 Å². The zero-order chi connectivity index (χ0) is 13.7. The van der Waals surface area contributed by atoms with E-state index in [2.05, 4.69) is 6.07 Å². The van der Waals surface area contributed by atoms with Crippen LogP contribution in [0.5, 0.6) is 5.75 Å². The number of benzene rings is 1. The van der Waals surface area contributed by atoms with E-state index in [9.17, 15) is 4.79 Å². The van der Waals surface area contributed by atoms with Gasteiger partial charge in [-0.1, -0.05) is 30.5 Å². The second kappa shape index (κ2) is 6.99. The van der Waals surface area contributed by atoms with Crippen LogP contribution < -0.4 is 4.74 Å². The lowest BCUT2D eigenvalue weighted by Gasteiger charge is -2.10. The molecular weight excluding hydrogens is 256 g/mol. The first-order valence-electron chi connectivity index (χ1n) is 6.96. The van der Waals surface area contributed by atoms with Gasteiger partial charge in [-0.05, 0) is 25.8 Å². The topological polar surface area (TPSA) is 26.3 Å². The zero-order valence-electron chi connectivity index (χ0n) is 11.8. The van der Waals surface area contributed by atoms with E-state index in [1.807, 2.05) is 30.8 Å². The van der Waals surface area contributed by atoms with Gasteiger partial charge in [0.05, 0.1) is 12.9 Å². The highest BCUT2D eigenvalue weighted by molar-refractivity contribution is 8.00. The minimum absolute atomic E-state index is 0.306. The molecule has 19 heavy (non-hydrogen) atoms. The average molecular weight is 278 g/mol. The van der Waals surface area contributed by atoms with E-state index in [4.69, 9.17) is 4.74 Å². The summed E-state index contributed by atoms with van der Waals surface area (Å²) in [7, 11) is 1.66. The van der Waals surface area contributed by atoms with Crippen LogP contribution in [0.3, 0.4) is 0 Å². The van der Waals surface area contributed by atoms with E-state index in [0.29, 0.717) is 23.2 Å². The fourth-order valence-corrected chi connectivity index (χ4v) is 3.77. The van der Waals surface area contributed by atoms with Gasteiger partial charge >= 0.3 is 0 Å². The zero-order valence-corrected chi connectivity index (χ0v) is 12.6. The van der Waals surface area contributed by atoms with Crippen LogP contribution in [-0.2, 0) is 11.2 Å². The van der Waals surface area contributed by atoms with Crippen LogP contribution in [-0.4, -0.2) is 23.9 Å². The lowest BCUT2D eigenvalue weighted by molar-refractivity contribution is -0.116. The molecule has 0 heterocycles. The van der Waals surface area contributed by atoms with Gasteiger partial charge < -0.3 is 4.74 Å². The van der Waals surface area contributed by atoms with Crippen LogP contribution in [0.25, 0.3) is 0 Å². The van der Waals surface area contributed by atoms with Crippen molar-refractivity contribution in [3.05, 3.63) is 29.3 Å². The van der Waals surface area contributed by atoms with Crippen LogP contribution >= 0.6 is 11.8 Å². The summed E-state index contributed by atoms with van der Waals surface area (Å²) in [6.07, 6.45) is 5.72. The third-order valence-electron chi connectivity index (χ3n) is 3.61. The second-order valence-electron chi connectivity index (χ2n) is 5.25. The predicted octanol–water partition coefficient (Wildman–Crippen LogP) is 3.79. The van der Waals surface area contributed by atoms with Crippen molar-refractivity contribution in [1.29, 1.82) is 0 Å². The molecule has 1 aliphatic rings. The Bertz CT molecular complexity index is 436. The van der Waals surface area contributed by atoms with Gasteiger partial charge in [0.15, 0.2) is 0 Å². The smallest absolute Gasteiger partial charge is 0.147 e. The van der Waals surface area contributed by atoms with E-state index in [1.54, 1.807) is 7.11 Å². The summed E-state index contributed by atoms with van der Waals surface area (Å²) in [6.45, 7) is 2.04. The van der Waals surface area contributed by atoms with E-state index in [1.165, 1.54) is 31.2 Å². The lowest BCUT2D eigenvalue weighted by Crippen LogP contribution is -2.10. The Hall–Kier alpha value is -0.960. The number of methoxy groups -OCH3 is 1. The van der Waals surface area contributed by atoms with E-state index < -0.39 is 0 Å². The van der Waals surface area contributed by atoms with Gasteiger partial charge in [0.2, 0.25) is 0 Å². The maximum absolute atomic E-state index is 12.1. The number of ketones is 1. The van der Waals surface area contributed by atoms with Gasteiger partial charge in [-0.15, -0.1) is 0 Å². The molecule has 1 aliphatic carbocycles. The largest absolute Gasteiger partial charge is 0.496 e. The second-order valence-corrected chi connectivity index (χ2v) is 6.54. The Morgan fingerprint density at radius 1 is 1.37 bits per heavy atom. The van der Waals surface area contributed by atoms with Crippen LogP contribution in [0.4, 0.5) is 0 Å². The summed E-state index contributed by atoms with van der Waals surface area (Å²) in [5.41, 5.74) is 2.19. The molecule has 1 saturated carbocycles. The molecule has 0 aromatic heterocycles. The molecule has 0 N–H and O–H groups in total. The molecule has 0 atom stereocenters. The van der Waals surface area contributed by atoms with Crippen LogP contribution in [0, 0.1) is 6.92 Å². The Morgan fingerprint density at radius 3 is 2.79 bits per heavy atom. The summed E-state index contributed by atoms with van der Waals surface area (Å²) in [5.74, 6) is 1.77. The molecule has 2 rings (SSSR count). The fourth-order valence-electron chi connectivity index (χ4n) is 2.57. The number of ether oxygens (including phenoxy) is 1. The number of thioether (sulfide) groups is 1. The number of aryl methyl sites for hydroxylation is 1. The van der Waals surface area contributed by atoms with E-state index in [-0.39, 0.29) is 0 Å². The standard InChI is InChI=1S/C16H22O2S/c1-12-7-8-16(18-2)13(9-12)10-14(17)11-19-15-5-3-4-6-15/h7-9,15H,3-6,10-11H2,1-2H3. The lowest BCUT2D eigenvalue weighted by atomic mass is 10.1. The van der Waals surface area contributed by atoms with E-state index in [0.717, 1.165) is 11.3 Å². The molecule has 0 saturated heterocycles. The highest BCUT2D eigenvalue weighted by Crippen LogP contribution is 2.29. The molecule has 0 amide bonds. The van der Waals surface area contributed by atoms with Crippen molar-refractivity contribution in [2.24, 2.45) is 0 Å². The minimum Gasteiger partial charge on any atom is -0.496 e. The predicted molar refractivity (Wildman–Crippen MR) is 81.2 cm³/mol. The van der Waals surface area contributed by atoms with Crippen molar-refractivity contribution in [1.82, 2.24) is 0 Å². The maximum atomic E-state index is 12.1. The first-order chi connectivity index (χ1) is 9.19. The molecule has 0 unspecified atom stereocenters. The monoisotopic (exact) mass is 278 g/mol. The van der Waals surface area contributed by atoms with Crippen LogP contribution in [0.15, 0.2) is 18.2 Å². The summed E-state index contributed by atoms with van der Waals surface area (Å²) >= 11 is 1.84. The van der Waals surface area contributed by atoms with Gasteiger partial charge in [-0.2, -0.15) is 11.8 Å².